The van der Waals surface area contributed by atoms with Crippen molar-refractivity contribution in [3.63, 3.8) is 0 Å². The Morgan fingerprint density at radius 2 is 2.46 bits per heavy atom. The summed E-state index contributed by atoms with van der Waals surface area (Å²) in [5.41, 5.74) is 5.73. The molecule has 0 aliphatic rings. The van der Waals surface area contributed by atoms with Crippen LogP contribution in [0.3, 0.4) is 0 Å². The summed E-state index contributed by atoms with van der Waals surface area (Å²) in [6.45, 7) is 2.03. The van der Waals surface area contributed by atoms with Gasteiger partial charge in [0.05, 0.1) is 0 Å². The molecule has 0 saturated carbocycles. The summed E-state index contributed by atoms with van der Waals surface area (Å²) in [6, 6.07) is 6.46. The predicted molar refractivity (Wildman–Crippen MR) is 57.0 cm³/mol. The lowest BCUT2D eigenvalue weighted by Crippen LogP contribution is -2.16. The third-order valence-corrected chi connectivity index (χ3v) is 2.95. The van der Waals surface area contributed by atoms with E-state index in [1.165, 1.54) is 10.3 Å². The van der Waals surface area contributed by atoms with Crippen molar-refractivity contribution in [2.45, 2.75) is 19.4 Å². The number of thiophene rings is 1. The minimum Gasteiger partial charge on any atom is -0.328 e. The van der Waals surface area contributed by atoms with Gasteiger partial charge in [-0.25, -0.2) is 4.98 Å². The molecule has 2 aromatic rings. The van der Waals surface area contributed by atoms with E-state index in [9.17, 15) is 0 Å². The van der Waals surface area contributed by atoms with Gasteiger partial charge in [0, 0.05) is 22.5 Å². The van der Waals surface area contributed by atoms with Crippen LogP contribution in [0.15, 0.2) is 24.4 Å². The van der Waals surface area contributed by atoms with Gasteiger partial charge in [-0.15, -0.1) is 11.3 Å². The third-order valence-electron chi connectivity index (χ3n) is 1.87. The van der Waals surface area contributed by atoms with Crippen LogP contribution < -0.4 is 5.73 Å². The number of nitrogens with zero attached hydrogens (tertiary/aromatic N) is 1. The molecular formula is C10H12N2S. The monoisotopic (exact) mass is 192 g/mol. The van der Waals surface area contributed by atoms with Crippen LogP contribution >= 0.6 is 11.3 Å². The van der Waals surface area contributed by atoms with Gasteiger partial charge in [-0.3, -0.25) is 0 Å². The summed E-state index contributed by atoms with van der Waals surface area (Å²) in [6.07, 6.45) is 2.77. The molecule has 0 saturated heterocycles. The highest BCUT2D eigenvalue weighted by molar-refractivity contribution is 7.18. The molecule has 0 bridgehead atoms. The van der Waals surface area contributed by atoms with Crippen LogP contribution in [0.25, 0.3) is 10.2 Å². The Morgan fingerprint density at radius 1 is 1.62 bits per heavy atom. The Kier molecular flexibility index (Phi) is 2.29. The molecule has 2 heterocycles. The molecule has 2 nitrogen and oxygen atoms in total. The molecule has 3 heteroatoms. The number of rotatable bonds is 2. The highest BCUT2D eigenvalue weighted by atomic mass is 32.1. The Morgan fingerprint density at radius 3 is 3.15 bits per heavy atom. The fourth-order valence-corrected chi connectivity index (χ4v) is 2.48. The van der Waals surface area contributed by atoms with Crippen LogP contribution in [-0.4, -0.2) is 11.0 Å². The van der Waals surface area contributed by atoms with Crippen LogP contribution in [0.1, 0.15) is 11.8 Å². The van der Waals surface area contributed by atoms with Crippen molar-refractivity contribution in [1.82, 2.24) is 4.98 Å². The molecule has 2 rings (SSSR count). The molecule has 0 aliphatic heterocycles. The normalized spacial score (nSPS) is 13.4. The van der Waals surface area contributed by atoms with E-state index in [-0.39, 0.29) is 6.04 Å². The molecule has 0 amide bonds. The molecular weight excluding hydrogens is 180 g/mol. The largest absolute Gasteiger partial charge is 0.328 e. The molecule has 0 fully saturated rings. The second-order valence-electron chi connectivity index (χ2n) is 3.29. The van der Waals surface area contributed by atoms with Gasteiger partial charge in [-0.05, 0) is 25.5 Å². The molecule has 13 heavy (non-hydrogen) atoms. The second kappa shape index (κ2) is 3.44. The van der Waals surface area contributed by atoms with E-state index in [0.717, 1.165) is 11.3 Å². The first kappa shape index (κ1) is 8.66. The summed E-state index contributed by atoms with van der Waals surface area (Å²) in [5, 5.41) is 1.23. The summed E-state index contributed by atoms with van der Waals surface area (Å²) in [7, 11) is 0. The molecule has 2 N–H and O–H groups in total. The van der Waals surface area contributed by atoms with E-state index in [1.807, 2.05) is 19.2 Å². The molecule has 0 aromatic carbocycles. The van der Waals surface area contributed by atoms with E-state index >= 15 is 0 Å². The minimum atomic E-state index is 0.230. The fourth-order valence-electron chi connectivity index (χ4n) is 1.34. The second-order valence-corrected chi connectivity index (χ2v) is 4.41. The first-order valence-electron chi connectivity index (χ1n) is 4.35. The van der Waals surface area contributed by atoms with Gasteiger partial charge in [-0.1, -0.05) is 6.07 Å². The Balaban J connectivity index is 2.38. The summed E-state index contributed by atoms with van der Waals surface area (Å²) in [4.78, 5) is 6.72. The predicted octanol–water partition coefficient (Wildman–Crippen LogP) is 2.19. The van der Waals surface area contributed by atoms with E-state index in [2.05, 4.69) is 17.1 Å². The van der Waals surface area contributed by atoms with Crippen molar-refractivity contribution in [1.29, 1.82) is 0 Å². The lowest BCUT2D eigenvalue weighted by atomic mass is 10.2. The number of hydrogen-bond acceptors (Lipinski definition) is 3. The Hall–Kier alpha value is -0.930. The first-order chi connectivity index (χ1) is 6.25. The van der Waals surface area contributed by atoms with Crippen molar-refractivity contribution >= 4 is 21.6 Å². The van der Waals surface area contributed by atoms with Gasteiger partial charge in [0.1, 0.15) is 4.83 Å². The van der Waals surface area contributed by atoms with Crippen molar-refractivity contribution < 1.29 is 0 Å². The summed E-state index contributed by atoms with van der Waals surface area (Å²) < 4.78 is 0. The average Bonchev–Trinajstić information content (AvgIpc) is 2.44. The maximum atomic E-state index is 5.73. The SMILES string of the molecule is CC(N)Cc1cc2cccnc2s1. The zero-order valence-electron chi connectivity index (χ0n) is 7.53. The molecule has 0 spiro atoms. The van der Waals surface area contributed by atoms with Gasteiger partial charge < -0.3 is 5.73 Å². The summed E-state index contributed by atoms with van der Waals surface area (Å²) in [5.74, 6) is 0. The van der Waals surface area contributed by atoms with Crippen molar-refractivity contribution in [3.8, 4) is 0 Å². The highest BCUT2D eigenvalue weighted by Crippen LogP contribution is 2.23. The van der Waals surface area contributed by atoms with E-state index in [1.54, 1.807) is 11.3 Å². The number of aromatic nitrogens is 1. The molecule has 0 aliphatic carbocycles. The zero-order valence-corrected chi connectivity index (χ0v) is 8.34. The van der Waals surface area contributed by atoms with Crippen LogP contribution in [0.2, 0.25) is 0 Å². The number of pyridine rings is 1. The third kappa shape index (κ3) is 1.87. The maximum absolute atomic E-state index is 5.73. The van der Waals surface area contributed by atoms with Crippen molar-refractivity contribution in [2.24, 2.45) is 5.73 Å². The van der Waals surface area contributed by atoms with Gasteiger partial charge in [0.15, 0.2) is 0 Å². The lowest BCUT2D eigenvalue weighted by molar-refractivity contribution is 0.747. The quantitative estimate of drug-likeness (QED) is 0.792. The molecule has 0 radical (unpaired) electrons. The topological polar surface area (TPSA) is 38.9 Å². The zero-order chi connectivity index (χ0) is 9.26. The lowest BCUT2D eigenvalue weighted by Gasteiger charge is -1.99. The van der Waals surface area contributed by atoms with Gasteiger partial charge >= 0.3 is 0 Å². The van der Waals surface area contributed by atoms with Crippen LogP contribution in [0.5, 0.6) is 0 Å². The van der Waals surface area contributed by atoms with E-state index in [4.69, 9.17) is 5.73 Å². The molecule has 1 unspecified atom stereocenters. The number of fused-ring (bicyclic) bond motifs is 1. The highest BCUT2D eigenvalue weighted by Gasteiger charge is 2.03. The fraction of sp³-hybridized carbons (Fsp3) is 0.300. The van der Waals surface area contributed by atoms with Crippen molar-refractivity contribution in [3.05, 3.63) is 29.3 Å². The van der Waals surface area contributed by atoms with E-state index < -0.39 is 0 Å². The van der Waals surface area contributed by atoms with Crippen LogP contribution in [0, 0.1) is 0 Å². The Labute approximate surface area is 81.4 Å². The molecule has 1 atom stereocenters. The average molecular weight is 192 g/mol. The van der Waals surface area contributed by atoms with Gasteiger partial charge in [-0.2, -0.15) is 0 Å². The van der Waals surface area contributed by atoms with Crippen LogP contribution in [0.4, 0.5) is 0 Å². The molecule has 2 aromatic heterocycles. The Bertz CT molecular complexity index is 373. The molecule has 68 valence electrons. The number of hydrogen-bond donors (Lipinski definition) is 1. The maximum Gasteiger partial charge on any atom is 0.123 e. The summed E-state index contributed by atoms with van der Waals surface area (Å²) >= 11 is 1.73. The van der Waals surface area contributed by atoms with Gasteiger partial charge in [0.2, 0.25) is 0 Å². The minimum absolute atomic E-state index is 0.230. The van der Waals surface area contributed by atoms with Gasteiger partial charge in [0.25, 0.3) is 0 Å². The smallest absolute Gasteiger partial charge is 0.123 e. The van der Waals surface area contributed by atoms with Crippen molar-refractivity contribution in [2.75, 3.05) is 0 Å². The van der Waals surface area contributed by atoms with Crippen LogP contribution in [-0.2, 0) is 6.42 Å². The standard InChI is InChI=1S/C10H12N2S/c1-7(11)5-9-6-8-3-2-4-12-10(8)13-9/h2-4,6-7H,5,11H2,1H3. The first-order valence-corrected chi connectivity index (χ1v) is 5.16. The van der Waals surface area contributed by atoms with E-state index in [0.29, 0.717) is 0 Å². The number of nitrogens with two attached hydrogens (primary N) is 1.